The van der Waals surface area contributed by atoms with Crippen LogP contribution in [0.5, 0.6) is 0 Å². The van der Waals surface area contributed by atoms with E-state index in [1.807, 2.05) is 18.2 Å². The van der Waals surface area contributed by atoms with Crippen LogP contribution >= 0.6 is 11.8 Å². The molecule has 1 unspecified atom stereocenters. The molecule has 4 atom stereocenters. The quantitative estimate of drug-likeness (QED) is 0.242. The number of rotatable bonds is 16. The van der Waals surface area contributed by atoms with Crippen LogP contribution in [-0.2, 0) is 9.59 Å². The molecule has 1 fully saturated rings. The molecule has 0 spiro atoms. The van der Waals surface area contributed by atoms with Gasteiger partial charge >= 0.3 is 5.97 Å². The normalized spacial score (nSPS) is 24.0. The molecule has 0 heterocycles. The number of aliphatic carboxylic acids is 1. The third kappa shape index (κ3) is 9.63. The molecule has 0 radical (unpaired) electrons. The third-order valence-electron chi connectivity index (χ3n) is 5.62. The number of aliphatic hydroxyl groups is 2. The number of thioether (sulfide) groups is 1. The van der Waals surface area contributed by atoms with E-state index in [-0.39, 0.29) is 35.9 Å². The number of hydrogen-bond donors (Lipinski definition) is 3. The second-order valence-electron chi connectivity index (χ2n) is 8.02. The van der Waals surface area contributed by atoms with E-state index in [4.69, 9.17) is 5.11 Å². The van der Waals surface area contributed by atoms with Gasteiger partial charge in [0.15, 0.2) is 0 Å². The Hall–Kier alpha value is -1.37. The minimum Gasteiger partial charge on any atom is -0.481 e. The Labute approximate surface area is 185 Å². The van der Waals surface area contributed by atoms with Crippen LogP contribution in [0.4, 0.5) is 0 Å². The monoisotopic (exact) mass is 438 g/mol. The zero-order valence-corrected chi connectivity index (χ0v) is 19.0. The minimum atomic E-state index is -0.914. The average molecular weight is 439 g/mol. The van der Waals surface area contributed by atoms with Gasteiger partial charge in [0.05, 0.1) is 12.2 Å². The van der Waals surface area contributed by atoms with E-state index >= 15 is 0 Å². The SMILES string of the molecule is C=CC(O)(C/C=C/[C@H]1[C@H](SCCO)CC(=O)[C@@H]1C/C=C\CCCC(=O)O)CCCC. The third-order valence-corrected chi connectivity index (χ3v) is 6.95. The Morgan fingerprint density at radius 2 is 2.07 bits per heavy atom. The number of carbonyl (C=O) groups is 2. The second kappa shape index (κ2) is 14.6. The summed E-state index contributed by atoms with van der Waals surface area (Å²) in [6, 6.07) is 0. The number of aliphatic hydroxyl groups excluding tert-OH is 1. The lowest BCUT2D eigenvalue weighted by Gasteiger charge is -2.24. The fourth-order valence-corrected chi connectivity index (χ4v) is 5.00. The second-order valence-corrected chi connectivity index (χ2v) is 9.37. The molecule has 3 N–H and O–H groups in total. The molecule has 1 aliphatic carbocycles. The number of allylic oxidation sites excluding steroid dienone is 3. The highest BCUT2D eigenvalue weighted by Gasteiger charge is 2.40. The first kappa shape index (κ1) is 26.7. The van der Waals surface area contributed by atoms with Crippen molar-refractivity contribution in [1.29, 1.82) is 0 Å². The van der Waals surface area contributed by atoms with Crippen LogP contribution in [0.2, 0.25) is 0 Å². The first-order valence-electron chi connectivity index (χ1n) is 11.0. The predicted molar refractivity (Wildman–Crippen MR) is 124 cm³/mol. The smallest absolute Gasteiger partial charge is 0.303 e. The van der Waals surface area contributed by atoms with Crippen molar-refractivity contribution in [3.05, 3.63) is 37.0 Å². The molecule has 30 heavy (non-hydrogen) atoms. The number of hydrogen-bond acceptors (Lipinski definition) is 5. The topological polar surface area (TPSA) is 94.8 Å². The Bertz CT molecular complexity index is 600. The number of unbranched alkanes of at least 4 members (excludes halogenated alkanes) is 2. The van der Waals surface area contributed by atoms with Gasteiger partial charge < -0.3 is 15.3 Å². The standard InChI is InChI=1S/C24H38O5S/c1-3-5-14-24(29,4-2)15-10-12-20-19(11-8-6-7-9-13-23(27)28)21(26)18-22(20)30-17-16-25/h4,6,8,10,12,19-20,22,25,29H,2-3,5,7,9,11,13-18H2,1H3,(H,27,28)/b8-6-,12-10+/t19-,20-,22-,24?/m1/s1. The molecule has 0 amide bonds. The van der Waals surface area contributed by atoms with Gasteiger partial charge in [-0.25, -0.2) is 0 Å². The van der Waals surface area contributed by atoms with Crippen LogP contribution in [-0.4, -0.2) is 50.3 Å². The summed E-state index contributed by atoms with van der Waals surface area (Å²) < 4.78 is 0. The zero-order chi connectivity index (χ0) is 22.4. The number of Topliss-reactive ketones (excluding diaryl/α,β-unsaturated/α-hetero) is 1. The molecule has 1 aliphatic rings. The summed E-state index contributed by atoms with van der Waals surface area (Å²) in [5.74, 6) is 0.00761. The number of carboxylic acid groups (broad SMARTS) is 1. The number of carbonyl (C=O) groups excluding carboxylic acids is 1. The highest BCUT2D eigenvalue weighted by Crippen LogP contribution is 2.40. The van der Waals surface area contributed by atoms with Crippen molar-refractivity contribution in [2.24, 2.45) is 11.8 Å². The first-order chi connectivity index (χ1) is 14.4. The molecule has 0 saturated heterocycles. The van der Waals surface area contributed by atoms with Gasteiger partial charge in [0.2, 0.25) is 0 Å². The lowest BCUT2D eigenvalue weighted by atomic mass is 9.89. The molecule has 0 aromatic carbocycles. The van der Waals surface area contributed by atoms with E-state index in [2.05, 4.69) is 19.6 Å². The van der Waals surface area contributed by atoms with Gasteiger partial charge in [-0.05, 0) is 38.0 Å². The molecular weight excluding hydrogens is 400 g/mol. The van der Waals surface area contributed by atoms with Gasteiger partial charge in [0.25, 0.3) is 0 Å². The molecule has 0 aromatic rings. The maximum Gasteiger partial charge on any atom is 0.303 e. The van der Waals surface area contributed by atoms with E-state index in [9.17, 15) is 19.8 Å². The largest absolute Gasteiger partial charge is 0.481 e. The van der Waals surface area contributed by atoms with Crippen molar-refractivity contribution in [1.82, 2.24) is 0 Å². The summed E-state index contributed by atoms with van der Waals surface area (Å²) in [7, 11) is 0. The zero-order valence-electron chi connectivity index (χ0n) is 18.2. The van der Waals surface area contributed by atoms with Crippen LogP contribution in [0.1, 0.15) is 64.7 Å². The van der Waals surface area contributed by atoms with Crippen molar-refractivity contribution in [2.75, 3.05) is 12.4 Å². The van der Waals surface area contributed by atoms with Crippen LogP contribution < -0.4 is 0 Å². The summed E-state index contributed by atoms with van der Waals surface area (Å²) in [5.41, 5.74) is -0.914. The molecule has 1 saturated carbocycles. The van der Waals surface area contributed by atoms with Crippen molar-refractivity contribution in [3.8, 4) is 0 Å². The lowest BCUT2D eigenvalue weighted by molar-refractivity contribution is -0.137. The summed E-state index contributed by atoms with van der Waals surface area (Å²) in [5, 5.41) is 28.7. The molecule has 0 aliphatic heterocycles. The minimum absolute atomic E-state index is 0.0676. The highest BCUT2D eigenvalue weighted by atomic mass is 32.2. The van der Waals surface area contributed by atoms with E-state index in [0.29, 0.717) is 44.3 Å². The van der Waals surface area contributed by atoms with Crippen molar-refractivity contribution in [3.63, 3.8) is 0 Å². The average Bonchev–Trinajstić information content (AvgIpc) is 3.01. The summed E-state index contributed by atoms with van der Waals surface area (Å²) in [4.78, 5) is 23.2. The summed E-state index contributed by atoms with van der Waals surface area (Å²) >= 11 is 1.63. The van der Waals surface area contributed by atoms with E-state index in [1.54, 1.807) is 17.8 Å². The van der Waals surface area contributed by atoms with E-state index in [0.717, 1.165) is 12.8 Å². The Morgan fingerprint density at radius 1 is 1.30 bits per heavy atom. The Kier molecular flexibility index (Phi) is 13.0. The molecular formula is C24H38O5S. The van der Waals surface area contributed by atoms with Crippen molar-refractivity contribution < 1.29 is 24.9 Å². The number of carboxylic acids is 1. The highest BCUT2D eigenvalue weighted by molar-refractivity contribution is 8.00. The van der Waals surface area contributed by atoms with Gasteiger partial charge in [-0.15, -0.1) is 6.58 Å². The molecule has 6 heteroatoms. The van der Waals surface area contributed by atoms with Gasteiger partial charge in [0, 0.05) is 29.8 Å². The first-order valence-corrected chi connectivity index (χ1v) is 12.1. The van der Waals surface area contributed by atoms with Gasteiger partial charge in [-0.2, -0.15) is 11.8 Å². The van der Waals surface area contributed by atoms with E-state index in [1.165, 1.54) is 0 Å². The van der Waals surface area contributed by atoms with Crippen LogP contribution in [0, 0.1) is 11.8 Å². The van der Waals surface area contributed by atoms with Crippen molar-refractivity contribution in [2.45, 2.75) is 75.6 Å². The molecule has 5 nitrogen and oxygen atoms in total. The van der Waals surface area contributed by atoms with Gasteiger partial charge in [0.1, 0.15) is 5.78 Å². The summed E-state index contributed by atoms with van der Waals surface area (Å²) in [6.07, 6.45) is 15.3. The Morgan fingerprint density at radius 3 is 2.70 bits per heavy atom. The van der Waals surface area contributed by atoms with Gasteiger partial charge in [-0.3, -0.25) is 9.59 Å². The molecule has 0 bridgehead atoms. The summed E-state index contributed by atoms with van der Waals surface area (Å²) in [6.45, 7) is 5.96. The van der Waals surface area contributed by atoms with E-state index < -0.39 is 11.6 Å². The predicted octanol–water partition coefficient (Wildman–Crippen LogP) is 4.54. The number of ketones is 1. The fourth-order valence-electron chi connectivity index (χ4n) is 3.81. The van der Waals surface area contributed by atoms with Crippen LogP contribution in [0.25, 0.3) is 0 Å². The molecule has 170 valence electrons. The van der Waals surface area contributed by atoms with Gasteiger partial charge in [-0.1, -0.05) is 50.1 Å². The lowest BCUT2D eigenvalue weighted by Crippen LogP contribution is -2.24. The maximum absolute atomic E-state index is 12.6. The van der Waals surface area contributed by atoms with Crippen LogP contribution in [0.15, 0.2) is 37.0 Å². The van der Waals surface area contributed by atoms with Crippen LogP contribution in [0.3, 0.4) is 0 Å². The fraction of sp³-hybridized carbons (Fsp3) is 0.667. The van der Waals surface area contributed by atoms with Crippen molar-refractivity contribution >= 4 is 23.5 Å². The maximum atomic E-state index is 12.6. The molecule has 0 aromatic heterocycles. The Balaban J connectivity index is 2.76. The molecule has 1 rings (SSSR count).